The minimum absolute atomic E-state index is 0.0602. The Bertz CT molecular complexity index is 180. The second-order valence-corrected chi connectivity index (χ2v) is 2.81. The van der Waals surface area contributed by atoms with Gasteiger partial charge in [-0.3, -0.25) is 4.90 Å². The van der Waals surface area contributed by atoms with Crippen LogP contribution in [-0.4, -0.2) is 35.5 Å². The van der Waals surface area contributed by atoms with E-state index >= 15 is 0 Å². The molecule has 1 aliphatic heterocycles. The molecule has 0 aromatic carbocycles. The molecule has 0 aromatic heterocycles. The van der Waals surface area contributed by atoms with Gasteiger partial charge in [0.15, 0.2) is 0 Å². The highest BCUT2D eigenvalue weighted by molar-refractivity contribution is 5.80. The second-order valence-electron chi connectivity index (χ2n) is 2.81. The first-order valence-electron chi connectivity index (χ1n) is 3.82. The number of carbonyl (C=O) groups excluding carboxylic acids is 1. The minimum atomic E-state index is 0.0602. The molecule has 0 bridgehead atoms. The topological polar surface area (TPSA) is 23.6 Å². The molecule has 1 saturated heterocycles. The Kier molecular flexibility index (Phi) is 1.89. The summed E-state index contributed by atoms with van der Waals surface area (Å²) in [5.41, 5.74) is 0.903. The van der Waals surface area contributed by atoms with Gasteiger partial charge in [-0.2, -0.15) is 0 Å². The lowest BCUT2D eigenvalue weighted by atomic mass is 10.3. The second kappa shape index (κ2) is 2.57. The van der Waals surface area contributed by atoms with Gasteiger partial charge in [-0.05, 0) is 13.8 Å². The summed E-state index contributed by atoms with van der Waals surface area (Å²) < 4.78 is 0. The molecule has 3 heteroatoms. The van der Waals surface area contributed by atoms with E-state index in [2.05, 4.69) is 6.58 Å². The summed E-state index contributed by atoms with van der Waals surface area (Å²) in [5.74, 6) is 0. The maximum Gasteiger partial charge on any atom is 0.324 e. The molecule has 62 valence electrons. The lowest BCUT2D eigenvalue weighted by molar-refractivity contribution is 0.199. The number of nitrogens with zero attached hydrogens (tertiary/aromatic N) is 2. The molecule has 0 saturated carbocycles. The summed E-state index contributed by atoms with van der Waals surface area (Å²) >= 11 is 0. The fourth-order valence-corrected chi connectivity index (χ4v) is 1.27. The van der Waals surface area contributed by atoms with E-state index in [9.17, 15) is 4.79 Å². The Labute approximate surface area is 67.3 Å². The van der Waals surface area contributed by atoms with Crippen LogP contribution in [0, 0.1) is 0 Å². The number of carbonyl (C=O) groups is 1. The van der Waals surface area contributed by atoms with Crippen molar-refractivity contribution in [3.8, 4) is 0 Å². The molecule has 3 nitrogen and oxygen atoms in total. The lowest BCUT2D eigenvalue weighted by Gasteiger charge is -2.12. The van der Waals surface area contributed by atoms with Crippen LogP contribution in [0.4, 0.5) is 4.79 Å². The molecule has 0 N–H and O–H groups in total. The summed E-state index contributed by atoms with van der Waals surface area (Å²) in [5, 5.41) is 0. The van der Waals surface area contributed by atoms with E-state index in [1.807, 2.05) is 13.8 Å². The third-order valence-electron chi connectivity index (χ3n) is 2.26. The fourth-order valence-electron chi connectivity index (χ4n) is 1.27. The Morgan fingerprint density at radius 3 is 2.36 bits per heavy atom. The van der Waals surface area contributed by atoms with E-state index in [-0.39, 0.29) is 12.1 Å². The third-order valence-corrected chi connectivity index (χ3v) is 2.26. The van der Waals surface area contributed by atoms with Gasteiger partial charge in [0.25, 0.3) is 0 Å². The molecule has 0 aliphatic carbocycles. The predicted molar refractivity (Wildman–Crippen MR) is 44.1 cm³/mol. The van der Waals surface area contributed by atoms with E-state index in [0.29, 0.717) is 6.54 Å². The first kappa shape index (κ1) is 8.11. The average Bonchev–Trinajstić information content (AvgIpc) is 2.17. The Hall–Kier alpha value is -0.990. The molecule has 11 heavy (non-hydrogen) atoms. The van der Waals surface area contributed by atoms with Gasteiger partial charge in [-0.1, -0.05) is 6.58 Å². The number of hydrogen-bond donors (Lipinski definition) is 0. The van der Waals surface area contributed by atoms with Crippen molar-refractivity contribution < 1.29 is 4.79 Å². The molecule has 0 aromatic rings. The highest BCUT2D eigenvalue weighted by Crippen LogP contribution is 2.22. The molecular formula is C8H14N2O. The van der Waals surface area contributed by atoms with Crippen LogP contribution in [0.5, 0.6) is 0 Å². The highest BCUT2D eigenvalue weighted by atomic mass is 16.2. The van der Waals surface area contributed by atoms with Crippen LogP contribution in [-0.2, 0) is 0 Å². The van der Waals surface area contributed by atoms with E-state index in [0.717, 1.165) is 5.70 Å². The lowest BCUT2D eigenvalue weighted by Crippen LogP contribution is -2.29. The van der Waals surface area contributed by atoms with E-state index in [1.54, 1.807) is 16.8 Å². The zero-order valence-electron chi connectivity index (χ0n) is 7.29. The van der Waals surface area contributed by atoms with Crippen molar-refractivity contribution in [2.24, 2.45) is 0 Å². The molecule has 0 radical (unpaired) electrons. The maximum absolute atomic E-state index is 11.3. The molecule has 1 heterocycles. The van der Waals surface area contributed by atoms with Crippen molar-refractivity contribution in [1.29, 1.82) is 0 Å². The summed E-state index contributed by atoms with van der Waals surface area (Å²) in [6.45, 7) is 8.50. The van der Waals surface area contributed by atoms with Crippen LogP contribution in [0.3, 0.4) is 0 Å². The third kappa shape index (κ3) is 1.00. The van der Waals surface area contributed by atoms with Crippen molar-refractivity contribution >= 4 is 6.03 Å². The maximum atomic E-state index is 11.3. The van der Waals surface area contributed by atoms with Crippen molar-refractivity contribution in [2.75, 3.05) is 13.6 Å². The zero-order chi connectivity index (χ0) is 8.59. The smallest absolute Gasteiger partial charge is 0.319 e. The van der Waals surface area contributed by atoms with Gasteiger partial charge in [0.05, 0.1) is 6.04 Å². The van der Waals surface area contributed by atoms with Gasteiger partial charge in [-0.15, -0.1) is 0 Å². The van der Waals surface area contributed by atoms with Crippen molar-refractivity contribution in [3.63, 3.8) is 0 Å². The average molecular weight is 154 g/mol. The first-order valence-corrected chi connectivity index (χ1v) is 3.82. The van der Waals surface area contributed by atoms with Crippen LogP contribution in [0.2, 0.25) is 0 Å². The first-order chi connectivity index (χ1) is 5.09. The minimum Gasteiger partial charge on any atom is -0.319 e. The van der Waals surface area contributed by atoms with Crippen molar-refractivity contribution in [3.05, 3.63) is 12.3 Å². The van der Waals surface area contributed by atoms with E-state index in [4.69, 9.17) is 0 Å². The molecule has 1 unspecified atom stereocenters. The zero-order valence-corrected chi connectivity index (χ0v) is 7.29. The molecule has 1 rings (SSSR count). The Balaban J connectivity index is 2.86. The normalized spacial score (nSPS) is 25.2. The van der Waals surface area contributed by atoms with Crippen LogP contribution in [0.1, 0.15) is 13.8 Å². The fraction of sp³-hybridized carbons (Fsp3) is 0.625. The number of likely N-dealkylation sites (N-methyl/N-ethyl adjacent to an activating group) is 2. The van der Waals surface area contributed by atoms with Crippen LogP contribution < -0.4 is 0 Å². The molecule has 0 spiro atoms. The summed E-state index contributed by atoms with van der Waals surface area (Å²) in [6.07, 6.45) is 0. The Morgan fingerprint density at radius 1 is 1.64 bits per heavy atom. The number of rotatable bonds is 1. The number of urea groups is 1. The number of amides is 2. The van der Waals surface area contributed by atoms with Crippen molar-refractivity contribution in [2.45, 2.75) is 19.9 Å². The van der Waals surface area contributed by atoms with Gasteiger partial charge in [0.1, 0.15) is 0 Å². The molecule has 1 atom stereocenters. The van der Waals surface area contributed by atoms with Gasteiger partial charge in [-0.25, -0.2) is 4.79 Å². The van der Waals surface area contributed by atoms with Gasteiger partial charge < -0.3 is 4.90 Å². The SMILES string of the molecule is C=C1C(C)N(C)C(=O)N1CC. The predicted octanol–water partition coefficient (Wildman–Crippen LogP) is 1.28. The Morgan fingerprint density at radius 2 is 2.18 bits per heavy atom. The highest BCUT2D eigenvalue weighted by Gasteiger charge is 2.33. The quantitative estimate of drug-likeness (QED) is 0.558. The molecule has 2 amide bonds. The summed E-state index contributed by atoms with van der Waals surface area (Å²) in [4.78, 5) is 14.7. The van der Waals surface area contributed by atoms with Gasteiger partial charge in [0, 0.05) is 19.3 Å². The van der Waals surface area contributed by atoms with Crippen molar-refractivity contribution in [1.82, 2.24) is 9.80 Å². The molecule has 1 fully saturated rings. The van der Waals surface area contributed by atoms with Crippen LogP contribution in [0.15, 0.2) is 12.3 Å². The van der Waals surface area contributed by atoms with Gasteiger partial charge in [0.2, 0.25) is 0 Å². The van der Waals surface area contributed by atoms with E-state index in [1.165, 1.54) is 0 Å². The molecular weight excluding hydrogens is 140 g/mol. The van der Waals surface area contributed by atoms with Gasteiger partial charge >= 0.3 is 6.03 Å². The largest absolute Gasteiger partial charge is 0.324 e. The molecule has 1 aliphatic rings. The number of hydrogen-bond acceptors (Lipinski definition) is 1. The summed E-state index contributed by atoms with van der Waals surface area (Å²) in [6, 6.07) is 0.215. The summed E-state index contributed by atoms with van der Waals surface area (Å²) in [7, 11) is 1.80. The van der Waals surface area contributed by atoms with Crippen LogP contribution >= 0.6 is 0 Å². The standard InChI is InChI=1S/C8H14N2O/c1-5-10-7(3)6(2)9(4)8(10)11/h6H,3,5H2,1-2,4H3. The van der Waals surface area contributed by atoms with E-state index < -0.39 is 0 Å². The van der Waals surface area contributed by atoms with Crippen LogP contribution in [0.25, 0.3) is 0 Å². The monoisotopic (exact) mass is 154 g/mol.